The molecule has 1 aromatic rings. The molecule has 0 radical (unpaired) electrons. The van der Waals surface area contributed by atoms with Crippen LogP contribution < -0.4 is 5.73 Å². The van der Waals surface area contributed by atoms with E-state index in [1.54, 1.807) is 0 Å². The number of nitrogens with two attached hydrogens (primary N) is 1. The van der Waals surface area contributed by atoms with Crippen molar-refractivity contribution in [1.82, 2.24) is 0 Å². The van der Waals surface area contributed by atoms with Crippen LogP contribution in [0.2, 0.25) is 0 Å². The minimum Gasteiger partial charge on any atom is -0.461 e. The molecule has 1 aromatic heterocycles. The highest BCUT2D eigenvalue weighted by molar-refractivity contribution is 7.14. The maximum absolute atomic E-state index is 11.9. The molecule has 3 nitrogen and oxygen atoms in total. The standard InChI is InChI=1S/C14H21NO2S/c1-14(2,3)11-8-10(15)12(18-11)13(16)17-7-6-9-4-5-9/h8-9H,4-7,15H2,1-3H3. The van der Waals surface area contributed by atoms with Gasteiger partial charge in [-0.05, 0) is 23.8 Å². The Hall–Kier alpha value is -1.03. The predicted molar refractivity (Wildman–Crippen MR) is 75.1 cm³/mol. The summed E-state index contributed by atoms with van der Waals surface area (Å²) in [6.45, 7) is 6.85. The summed E-state index contributed by atoms with van der Waals surface area (Å²) in [5, 5.41) is 0. The van der Waals surface area contributed by atoms with Crippen LogP contribution in [-0.4, -0.2) is 12.6 Å². The van der Waals surface area contributed by atoms with Crippen molar-refractivity contribution in [2.24, 2.45) is 5.92 Å². The Bertz CT molecular complexity index is 441. The largest absolute Gasteiger partial charge is 0.461 e. The molecular formula is C14H21NO2S. The number of nitrogen functional groups attached to an aromatic ring is 1. The Labute approximate surface area is 112 Å². The van der Waals surface area contributed by atoms with Gasteiger partial charge in [0.15, 0.2) is 0 Å². The van der Waals surface area contributed by atoms with Crippen molar-refractivity contribution in [3.05, 3.63) is 15.8 Å². The number of carbonyl (C=O) groups is 1. The topological polar surface area (TPSA) is 52.3 Å². The van der Waals surface area contributed by atoms with Gasteiger partial charge in [0.05, 0.1) is 12.3 Å². The smallest absolute Gasteiger partial charge is 0.350 e. The Morgan fingerprint density at radius 3 is 2.67 bits per heavy atom. The fourth-order valence-corrected chi connectivity index (χ4v) is 2.76. The molecule has 100 valence electrons. The average Bonchev–Trinajstić information content (AvgIpc) is 2.98. The minimum absolute atomic E-state index is 0.0192. The van der Waals surface area contributed by atoms with Crippen molar-refractivity contribution in [2.75, 3.05) is 12.3 Å². The molecule has 1 fully saturated rings. The van der Waals surface area contributed by atoms with Gasteiger partial charge in [-0.2, -0.15) is 0 Å². The monoisotopic (exact) mass is 267 g/mol. The molecule has 1 aliphatic carbocycles. The zero-order chi connectivity index (χ0) is 13.3. The molecule has 1 saturated carbocycles. The molecule has 0 spiro atoms. The van der Waals surface area contributed by atoms with Crippen LogP contribution in [0.25, 0.3) is 0 Å². The van der Waals surface area contributed by atoms with E-state index in [0.717, 1.165) is 17.2 Å². The summed E-state index contributed by atoms with van der Waals surface area (Å²) in [6.07, 6.45) is 3.56. The maximum Gasteiger partial charge on any atom is 0.350 e. The van der Waals surface area contributed by atoms with Gasteiger partial charge in [-0.1, -0.05) is 33.6 Å². The first-order valence-electron chi connectivity index (χ1n) is 6.45. The third-order valence-corrected chi connectivity index (χ3v) is 4.70. The summed E-state index contributed by atoms with van der Waals surface area (Å²) in [5.41, 5.74) is 6.45. The van der Waals surface area contributed by atoms with Gasteiger partial charge in [0.2, 0.25) is 0 Å². The van der Waals surface area contributed by atoms with Gasteiger partial charge < -0.3 is 10.5 Å². The summed E-state index contributed by atoms with van der Waals surface area (Å²) in [5.74, 6) is 0.511. The third kappa shape index (κ3) is 3.25. The second kappa shape index (κ2) is 4.92. The van der Waals surface area contributed by atoms with Crippen LogP contribution in [0.4, 0.5) is 5.69 Å². The van der Waals surface area contributed by atoms with Gasteiger partial charge in [0.1, 0.15) is 4.88 Å². The molecule has 2 rings (SSSR count). The molecule has 0 aromatic carbocycles. The summed E-state index contributed by atoms with van der Waals surface area (Å²) < 4.78 is 5.28. The van der Waals surface area contributed by atoms with Crippen molar-refractivity contribution in [3.63, 3.8) is 0 Å². The van der Waals surface area contributed by atoms with E-state index in [0.29, 0.717) is 17.2 Å². The van der Waals surface area contributed by atoms with Crippen molar-refractivity contribution in [1.29, 1.82) is 0 Å². The van der Waals surface area contributed by atoms with Crippen LogP contribution in [0.3, 0.4) is 0 Å². The fourth-order valence-electron chi connectivity index (χ4n) is 1.72. The van der Waals surface area contributed by atoms with Gasteiger partial charge in [0, 0.05) is 4.88 Å². The van der Waals surface area contributed by atoms with E-state index in [-0.39, 0.29) is 11.4 Å². The summed E-state index contributed by atoms with van der Waals surface area (Å²) in [7, 11) is 0. The average molecular weight is 267 g/mol. The second-order valence-corrected chi connectivity index (χ2v) is 7.07. The number of anilines is 1. The Morgan fingerprint density at radius 1 is 1.50 bits per heavy atom. The van der Waals surface area contributed by atoms with Crippen molar-refractivity contribution >= 4 is 23.0 Å². The molecule has 1 heterocycles. The highest BCUT2D eigenvalue weighted by atomic mass is 32.1. The molecule has 2 N–H and O–H groups in total. The van der Waals surface area contributed by atoms with E-state index < -0.39 is 0 Å². The normalized spacial score (nSPS) is 15.7. The first-order chi connectivity index (χ1) is 8.38. The molecule has 4 heteroatoms. The lowest BCUT2D eigenvalue weighted by Gasteiger charge is -2.15. The van der Waals surface area contributed by atoms with Crippen LogP contribution in [0, 0.1) is 5.92 Å². The number of esters is 1. The summed E-state index contributed by atoms with van der Waals surface area (Å²) in [4.78, 5) is 13.6. The summed E-state index contributed by atoms with van der Waals surface area (Å²) >= 11 is 1.45. The molecule has 1 aliphatic rings. The maximum atomic E-state index is 11.9. The van der Waals surface area contributed by atoms with Gasteiger partial charge in [0.25, 0.3) is 0 Å². The van der Waals surface area contributed by atoms with Gasteiger partial charge in [-0.25, -0.2) is 4.79 Å². The van der Waals surface area contributed by atoms with Crippen molar-refractivity contribution in [3.8, 4) is 0 Å². The highest BCUT2D eigenvalue weighted by Crippen LogP contribution is 2.35. The van der Waals surface area contributed by atoms with E-state index in [1.807, 2.05) is 6.07 Å². The quantitative estimate of drug-likeness (QED) is 0.848. The van der Waals surface area contributed by atoms with E-state index in [9.17, 15) is 4.79 Å². The molecule has 0 atom stereocenters. The molecule has 18 heavy (non-hydrogen) atoms. The Kier molecular flexibility index (Phi) is 3.66. The number of carbonyl (C=O) groups excluding carboxylic acids is 1. The van der Waals surface area contributed by atoms with Crippen LogP contribution in [0.15, 0.2) is 6.07 Å². The Morgan fingerprint density at radius 2 is 2.17 bits per heavy atom. The minimum atomic E-state index is -0.270. The van der Waals surface area contributed by atoms with Crippen molar-refractivity contribution in [2.45, 2.75) is 45.4 Å². The van der Waals surface area contributed by atoms with Gasteiger partial charge in [-0.3, -0.25) is 0 Å². The lowest BCUT2D eigenvalue weighted by atomic mass is 9.95. The number of hydrogen-bond donors (Lipinski definition) is 1. The van der Waals surface area contributed by atoms with E-state index in [4.69, 9.17) is 10.5 Å². The molecular weight excluding hydrogens is 246 g/mol. The molecule has 0 bridgehead atoms. The van der Waals surface area contributed by atoms with E-state index in [1.165, 1.54) is 24.2 Å². The van der Waals surface area contributed by atoms with Crippen molar-refractivity contribution < 1.29 is 9.53 Å². The lowest BCUT2D eigenvalue weighted by Crippen LogP contribution is -2.08. The summed E-state index contributed by atoms with van der Waals surface area (Å²) in [6, 6.07) is 1.89. The zero-order valence-electron chi connectivity index (χ0n) is 11.3. The number of ether oxygens (including phenoxy) is 1. The Balaban J connectivity index is 1.98. The van der Waals surface area contributed by atoms with E-state index >= 15 is 0 Å². The first-order valence-corrected chi connectivity index (χ1v) is 7.26. The molecule has 0 aliphatic heterocycles. The third-order valence-electron chi connectivity index (χ3n) is 3.14. The van der Waals surface area contributed by atoms with Gasteiger partial charge >= 0.3 is 5.97 Å². The zero-order valence-corrected chi connectivity index (χ0v) is 12.1. The number of hydrogen-bond acceptors (Lipinski definition) is 4. The van der Waals surface area contributed by atoms with Crippen LogP contribution in [0.1, 0.15) is 54.6 Å². The SMILES string of the molecule is CC(C)(C)c1cc(N)c(C(=O)OCCC2CC2)s1. The molecule has 0 saturated heterocycles. The predicted octanol–water partition coefficient (Wildman–Crippen LogP) is 3.58. The second-order valence-electron chi connectivity index (χ2n) is 6.01. The lowest BCUT2D eigenvalue weighted by molar-refractivity contribution is 0.0502. The number of thiophene rings is 1. The van der Waals surface area contributed by atoms with Gasteiger partial charge in [-0.15, -0.1) is 11.3 Å². The number of rotatable bonds is 4. The van der Waals surface area contributed by atoms with Crippen LogP contribution in [0.5, 0.6) is 0 Å². The van der Waals surface area contributed by atoms with Crippen LogP contribution in [-0.2, 0) is 10.2 Å². The molecule has 0 unspecified atom stereocenters. The fraction of sp³-hybridized carbons (Fsp3) is 0.643. The first kappa shape index (κ1) is 13.4. The highest BCUT2D eigenvalue weighted by Gasteiger charge is 2.24. The molecule has 0 amide bonds. The van der Waals surface area contributed by atoms with E-state index in [2.05, 4.69) is 20.8 Å². The van der Waals surface area contributed by atoms with Crippen LogP contribution >= 0.6 is 11.3 Å².